The molecule has 0 saturated carbocycles. The fourth-order valence-electron chi connectivity index (χ4n) is 4.81. The van der Waals surface area contributed by atoms with Crippen LogP contribution in [0.4, 0.5) is 16.8 Å². The van der Waals surface area contributed by atoms with Gasteiger partial charge in [0, 0.05) is 24.6 Å². The van der Waals surface area contributed by atoms with Crippen LogP contribution in [0.2, 0.25) is 0 Å². The number of aliphatic carboxylic acids is 1. The van der Waals surface area contributed by atoms with Crippen molar-refractivity contribution >= 4 is 56.9 Å². The lowest BCUT2D eigenvalue weighted by Gasteiger charge is -2.16. The number of rotatable bonds is 14. The Morgan fingerprint density at radius 1 is 1.11 bits per heavy atom. The van der Waals surface area contributed by atoms with Gasteiger partial charge in [0.05, 0.1) is 28.3 Å². The first-order valence-corrected chi connectivity index (χ1v) is 15.2. The van der Waals surface area contributed by atoms with Crippen LogP contribution in [0.5, 0.6) is 0 Å². The predicted molar refractivity (Wildman–Crippen MR) is 171 cm³/mol. The molecule has 7 N–H and O–H groups in total. The maximum Gasteiger partial charge on any atom is 0.326 e. The zero-order valence-corrected chi connectivity index (χ0v) is 25.9. The van der Waals surface area contributed by atoms with Gasteiger partial charge in [0.25, 0.3) is 5.91 Å². The second kappa shape index (κ2) is 14.0. The second-order valence-corrected chi connectivity index (χ2v) is 11.6. The van der Waals surface area contributed by atoms with Crippen LogP contribution >= 0.6 is 11.3 Å². The molecule has 17 heteroatoms. The lowest BCUT2D eigenvalue weighted by molar-refractivity contribution is -0.139. The number of carboxylic acid groups (broad SMARTS) is 1. The van der Waals surface area contributed by atoms with Crippen LogP contribution in [0.1, 0.15) is 63.9 Å². The number of hydrogen-bond acceptors (Lipinski definition) is 14. The number of tetrazole rings is 1. The summed E-state index contributed by atoms with van der Waals surface area (Å²) in [4.78, 5) is 56.9. The Morgan fingerprint density at radius 2 is 1.93 bits per heavy atom. The monoisotopic (exact) mass is 644 g/mol. The van der Waals surface area contributed by atoms with Gasteiger partial charge < -0.3 is 26.8 Å². The van der Waals surface area contributed by atoms with Crippen molar-refractivity contribution in [3.63, 3.8) is 0 Å². The number of nitrogens with zero attached hydrogens (tertiary/aromatic N) is 8. The number of carbonyl (C=O) groups excluding carboxylic acids is 2. The number of aromatic nitrogens is 8. The fourth-order valence-corrected chi connectivity index (χ4v) is 5.68. The van der Waals surface area contributed by atoms with E-state index in [0.29, 0.717) is 58.1 Å². The average Bonchev–Trinajstić information content (AvgIpc) is 3.76. The Morgan fingerprint density at radius 3 is 2.67 bits per heavy atom. The highest BCUT2D eigenvalue weighted by Gasteiger charge is 2.23. The maximum absolute atomic E-state index is 13.1. The van der Waals surface area contributed by atoms with E-state index in [9.17, 15) is 19.5 Å². The van der Waals surface area contributed by atoms with Gasteiger partial charge >= 0.3 is 5.97 Å². The largest absolute Gasteiger partial charge is 0.480 e. The number of anilines is 3. The van der Waals surface area contributed by atoms with E-state index in [1.807, 2.05) is 31.0 Å². The number of aromatic amines is 1. The third kappa shape index (κ3) is 7.37. The Hall–Kier alpha value is -5.58. The first-order valence-electron chi connectivity index (χ1n) is 14.4. The molecule has 0 spiro atoms. The number of unbranched alkanes of at least 4 members (excludes halogenated alkanes) is 1. The molecule has 16 nitrogen and oxygen atoms in total. The Kier molecular flexibility index (Phi) is 9.70. The highest BCUT2D eigenvalue weighted by Crippen LogP contribution is 2.27. The molecule has 46 heavy (non-hydrogen) atoms. The summed E-state index contributed by atoms with van der Waals surface area (Å²) in [7, 11) is 1.83. The summed E-state index contributed by atoms with van der Waals surface area (Å²) in [6, 6.07) is 7.82. The van der Waals surface area contributed by atoms with Gasteiger partial charge in [0.2, 0.25) is 11.8 Å². The average molecular weight is 645 g/mol. The van der Waals surface area contributed by atoms with Gasteiger partial charge in [-0.1, -0.05) is 25.5 Å². The van der Waals surface area contributed by atoms with Gasteiger partial charge in [0.1, 0.15) is 6.04 Å². The topological polar surface area (TPSA) is 245 Å². The molecule has 4 aromatic heterocycles. The van der Waals surface area contributed by atoms with Gasteiger partial charge in [-0.05, 0) is 48.2 Å². The molecule has 4 heterocycles. The number of aryl methyl sites for hydroxylation is 1. The van der Waals surface area contributed by atoms with Gasteiger partial charge in [0.15, 0.2) is 22.8 Å². The van der Waals surface area contributed by atoms with Crippen molar-refractivity contribution in [2.75, 3.05) is 23.4 Å². The van der Waals surface area contributed by atoms with E-state index in [4.69, 9.17) is 11.5 Å². The number of benzene rings is 1. The summed E-state index contributed by atoms with van der Waals surface area (Å²) in [5.41, 5.74) is 14.9. The van der Waals surface area contributed by atoms with Crippen LogP contribution in [-0.2, 0) is 17.8 Å². The first kappa shape index (κ1) is 31.8. The van der Waals surface area contributed by atoms with Crippen LogP contribution in [0.25, 0.3) is 22.6 Å². The predicted octanol–water partition coefficient (Wildman–Crippen LogP) is 2.65. The quantitative estimate of drug-likeness (QED) is 0.0862. The first-order chi connectivity index (χ1) is 22.1. The molecule has 0 aliphatic rings. The lowest BCUT2D eigenvalue weighted by atomic mass is 9.96. The molecule has 0 aliphatic carbocycles. The van der Waals surface area contributed by atoms with Gasteiger partial charge in [-0.3, -0.25) is 9.59 Å². The number of nitrogens with one attached hydrogen (secondary N) is 2. The molecule has 5 aromatic rings. The summed E-state index contributed by atoms with van der Waals surface area (Å²) < 4.78 is 0. The zero-order chi connectivity index (χ0) is 32.8. The van der Waals surface area contributed by atoms with Crippen LogP contribution in [-0.4, -0.2) is 76.4 Å². The van der Waals surface area contributed by atoms with Crippen molar-refractivity contribution in [3.05, 3.63) is 58.2 Å². The van der Waals surface area contributed by atoms with Crippen LogP contribution in [0.15, 0.2) is 36.5 Å². The highest BCUT2D eigenvalue weighted by atomic mass is 32.1. The van der Waals surface area contributed by atoms with E-state index in [1.165, 1.54) is 11.3 Å². The molecular formula is C29H32N12O4S. The number of nitrogen functional groups attached to an aromatic ring is 2. The molecule has 0 fully saturated rings. The summed E-state index contributed by atoms with van der Waals surface area (Å²) >= 11 is 1.21. The molecule has 238 valence electrons. The molecule has 1 amide bonds. The van der Waals surface area contributed by atoms with Crippen molar-refractivity contribution in [2.45, 2.75) is 51.6 Å². The molecule has 0 aliphatic heterocycles. The molecule has 5 rings (SSSR count). The molecule has 1 atom stereocenters. The van der Waals surface area contributed by atoms with Crippen molar-refractivity contribution in [3.8, 4) is 11.4 Å². The van der Waals surface area contributed by atoms with Crippen molar-refractivity contribution < 1.29 is 19.5 Å². The normalized spacial score (nSPS) is 11.8. The van der Waals surface area contributed by atoms with Crippen molar-refractivity contribution in [1.29, 1.82) is 0 Å². The van der Waals surface area contributed by atoms with Gasteiger partial charge in [-0.15, -0.1) is 21.5 Å². The summed E-state index contributed by atoms with van der Waals surface area (Å²) in [6.45, 7) is 2.36. The van der Waals surface area contributed by atoms with Crippen LogP contribution in [0.3, 0.4) is 0 Å². The summed E-state index contributed by atoms with van der Waals surface area (Å²) in [5.74, 6) is -1.28. The molecule has 0 saturated heterocycles. The Bertz CT molecular complexity index is 1880. The molecule has 0 radical (unpaired) electrons. The second-order valence-electron chi connectivity index (χ2n) is 10.5. The van der Waals surface area contributed by atoms with E-state index in [2.05, 4.69) is 45.9 Å². The minimum absolute atomic E-state index is 0.0126. The fraction of sp³-hybridized carbons (Fsp3) is 0.310. The summed E-state index contributed by atoms with van der Waals surface area (Å²) in [5, 5.41) is 27.2. The molecule has 1 aromatic carbocycles. The zero-order valence-electron chi connectivity index (χ0n) is 25.1. The number of amides is 1. The third-order valence-electron chi connectivity index (χ3n) is 7.22. The number of ketones is 1. The minimum atomic E-state index is -1.15. The number of fused-ring (bicyclic) bond motifs is 1. The summed E-state index contributed by atoms with van der Waals surface area (Å²) in [6.07, 6.45) is 3.57. The lowest BCUT2D eigenvalue weighted by Crippen LogP contribution is -2.40. The Labute approximate surface area is 266 Å². The number of nitrogens with two attached hydrogens (primary N) is 2. The van der Waals surface area contributed by atoms with E-state index < -0.39 is 17.9 Å². The number of Topliss-reactive ketones (excluding diaryl/α,β-unsaturated/α-hetero) is 1. The number of thiophene rings is 1. The van der Waals surface area contributed by atoms with Crippen molar-refractivity contribution in [1.82, 2.24) is 45.9 Å². The van der Waals surface area contributed by atoms with Crippen LogP contribution < -0.4 is 21.7 Å². The number of hydrogen-bond donors (Lipinski definition) is 5. The van der Waals surface area contributed by atoms with E-state index in [-0.39, 0.29) is 30.4 Å². The number of H-pyrrole nitrogens is 1. The molecular weight excluding hydrogens is 612 g/mol. The maximum atomic E-state index is 13.1. The third-order valence-corrected chi connectivity index (χ3v) is 8.42. The van der Waals surface area contributed by atoms with Gasteiger partial charge in [-0.25, -0.2) is 14.8 Å². The van der Waals surface area contributed by atoms with E-state index in [0.717, 1.165) is 17.0 Å². The minimum Gasteiger partial charge on any atom is -0.480 e. The van der Waals surface area contributed by atoms with E-state index in [1.54, 1.807) is 24.4 Å². The molecule has 0 unspecified atom stereocenters. The van der Waals surface area contributed by atoms with Crippen molar-refractivity contribution in [2.24, 2.45) is 0 Å². The SMILES string of the molecule is CCc1ccc(C(=O)CCCC[C@H](NC(=O)c2ccc(N(C)Cc3cnc4nc(N)nc(N)c4n3)s2)C(=O)O)c(-c2nn[nH]n2)c1. The van der Waals surface area contributed by atoms with E-state index >= 15 is 0 Å². The molecule has 0 bridgehead atoms. The highest BCUT2D eigenvalue weighted by molar-refractivity contribution is 7.18. The number of carbonyl (C=O) groups is 3. The van der Waals surface area contributed by atoms with Gasteiger partial charge in [-0.2, -0.15) is 15.2 Å². The standard InChI is InChI=1S/C29H32N12O4S/c1-3-15-8-9-17(18(12-15)25-37-39-40-38-25)20(42)7-5-4-6-19(28(44)45)34-27(43)21-10-11-22(46-21)41(2)14-16-13-32-26-23(33-16)24(30)35-29(31)36-26/h8-13,19H,3-7,14H2,1-2H3,(H,34,43)(H,44,45)(H,37,38,39,40)(H4,30,31,32,35,36)/t19-/m0/s1. The number of carboxylic acids is 1. The Balaban J connectivity index is 1.15. The smallest absolute Gasteiger partial charge is 0.326 e. The van der Waals surface area contributed by atoms with Crippen LogP contribution in [0, 0.1) is 0 Å².